The van der Waals surface area contributed by atoms with Crippen molar-refractivity contribution < 1.29 is 10.1 Å². The van der Waals surface area contributed by atoms with Crippen LogP contribution in [0.2, 0.25) is 0 Å². The lowest BCUT2D eigenvalue weighted by molar-refractivity contribution is -0.114. The number of nitrogens with one attached hydrogen (secondary N) is 1. The lowest BCUT2D eigenvalue weighted by Gasteiger charge is -2.09. The molecule has 0 aliphatic carbocycles. The maximum Gasteiger partial charge on any atom is 0.350 e. The van der Waals surface area contributed by atoms with Crippen LogP contribution in [0.4, 0.5) is 5.69 Å². The molecule has 0 saturated heterocycles. The van der Waals surface area contributed by atoms with Crippen LogP contribution in [0.25, 0.3) is 0 Å². The van der Waals surface area contributed by atoms with Gasteiger partial charge in [0, 0.05) is 17.5 Å². The normalized spacial score (nSPS) is 10.6. The Balaban J connectivity index is 1.60. The maximum absolute atomic E-state index is 5.80. The van der Waals surface area contributed by atoms with Crippen LogP contribution in [-0.2, 0) is 6.54 Å². The zero-order chi connectivity index (χ0) is 18.2. The quantitative estimate of drug-likeness (QED) is 0.210. The first-order chi connectivity index (χ1) is 12.7. The molecule has 0 unspecified atom stereocenters. The highest BCUT2D eigenvalue weighted by atomic mass is 16.5. The Bertz CT molecular complexity index is 892. The first-order valence-electron chi connectivity index (χ1n) is 8.14. The minimum Gasteiger partial charge on any atom is -0.457 e. The summed E-state index contributed by atoms with van der Waals surface area (Å²) in [5.41, 5.74) is 2.83. The van der Waals surface area contributed by atoms with Gasteiger partial charge in [-0.15, -0.1) is 0 Å². The summed E-state index contributed by atoms with van der Waals surface area (Å²) in [4.78, 5) is 0. The lowest BCUT2D eigenvalue weighted by atomic mass is 10.1. The van der Waals surface area contributed by atoms with E-state index in [9.17, 15) is 0 Å². The largest absolute Gasteiger partial charge is 0.457 e. The fourth-order valence-electron chi connectivity index (χ4n) is 2.41. The molecule has 0 aliphatic rings. The van der Waals surface area contributed by atoms with Crippen LogP contribution in [0.5, 0.6) is 11.5 Å². The van der Waals surface area contributed by atoms with Crippen molar-refractivity contribution in [2.45, 2.75) is 6.54 Å². The van der Waals surface area contributed by atoms with E-state index in [-0.39, 0.29) is 5.84 Å². The third-order valence-corrected chi connectivity index (χ3v) is 3.72. The van der Waals surface area contributed by atoms with Gasteiger partial charge in [0.15, 0.2) is 0 Å². The van der Waals surface area contributed by atoms with Crippen molar-refractivity contribution in [2.24, 2.45) is 16.2 Å². The van der Waals surface area contributed by atoms with E-state index < -0.39 is 0 Å². The Morgan fingerprint density at radius 3 is 2.38 bits per heavy atom. The first-order valence-corrected chi connectivity index (χ1v) is 8.14. The number of rotatable bonds is 6. The Kier molecular flexibility index (Phi) is 5.57. The number of ether oxygens (including phenoxy) is 1. The molecular formula is C20H20N5O+. The van der Waals surface area contributed by atoms with Gasteiger partial charge in [-0.2, -0.15) is 0 Å². The highest BCUT2D eigenvalue weighted by Crippen LogP contribution is 2.21. The van der Waals surface area contributed by atoms with Crippen molar-refractivity contribution in [1.29, 1.82) is 0 Å². The molecule has 6 heteroatoms. The molecule has 0 amide bonds. The number of amidine groups is 1. The SMILES string of the molecule is NN=NC(=[NH2+])c1cccc(NCc2ccc(Oc3ccccc3)cc2)c1. The number of hydrogen-bond donors (Lipinski definition) is 3. The second-order valence-electron chi connectivity index (χ2n) is 5.59. The Hall–Kier alpha value is -3.67. The molecule has 0 saturated carbocycles. The topological polar surface area (TPSA) is 97.6 Å². The van der Waals surface area contributed by atoms with Crippen LogP contribution in [0, 0.1) is 0 Å². The number of nitrogens with zero attached hydrogens (tertiary/aromatic N) is 2. The molecule has 0 spiro atoms. The van der Waals surface area contributed by atoms with Gasteiger partial charge >= 0.3 is 5.84 Å². The zero-order valence-corrected chi connectivity index (χ0v) is 14.2. The second kappa shape index (κ2) is 8.43. The highest BCUT2D eigenvalue weighted by Gasteiger charge is 2.08. The summed E-state index contributed by atoms with van der Waals surface area (Å²) in [6.07, 6.45) is 0. The molecule has 0 aliphatic heterocycles. The standard InChI is InChI=1S/C20H19N5O/c21-20(24-25-22)16-5-4-6-17(13-16)23-14-15-9-11-19(12-10-15)26-18-7-2-1-3-8-18/h1-13,23H,14H2,(H3,21,22,24)/p+1. The zero-order valence-electron chi connectivity index (χ0n) is 14.2. The maximum atomic E-state index is 5.80. The van der Waals surface area contributed by atoms with Crippen LogP contribution in [-0.4, -0.2) is 5.84 Å². The molecule has 0 atom stereocenters. The molecule has 26 heavy (non-hydrogen) atoms. The summed E-state index contributed by atoms with van der Waals surface area (Å²) in [6.45, 7) is 0.674. The van der Waals surface area contributed by atoms with Gasteiger partial charge in [0.2, 0.25) is 0 Å². The molecular weight excluding hydrogens is 326 g/mol. The van der Waals surface area contributed by atoms with Crippen molar-refractivity contribution in [3.05, 3.63) is 90.0 Å². The van der Waals surface area contributed by atoms with E-state index in [2.05, 4.69) is 15.7 Å². The van der Waals surface area contributed by atoms with Crippen molar-refractivity contribution >= 4 is 11.5 Å². The fraction of sp³-hybridized carbons (Fsp3) is 0.0500. The lowest BCUT2D eigenvalue weighted by Crippen LogP contribution is -2.38. The van der Waals surface area contributed by atoms with Crippen molar-refractivity contribution in [2.75, 3.05) is 5.32 Å². The van der Waals surface area contributed by atoms with Crippen molar-refractivity contribution in [3.8, 4) is 11.5 Å². The summed E-state index contributed by atoms with van der Waals surface area (Å²) in [5.74, 6) is 6.93. The Morgan fingerprint density at radius 2 is 1.65 bits per heavy atom. The molecule has 130 valence electrons. The summed E-state index contributed by atoms with van der Waals surface area (Å²) in [5, 5.41) is 16.0. The van der Waals surface area contributed by atoms with Gasteiger partial charge in [-0.25, -0.2) is 0 Å². The molecule has 6 nitrogen and oxygen atoms in total. The molecule has 3 aromatic rings. The smallest absolute Gasteiger partial charge is 0.350 e. The van der Waals surface area contributed by atoms with Crippen molar-refractivity contribution in [3.63, 3.8) is 0 Å². The third kappa shape index (κ3) is 4.67. The minimum absolute atomic E-state index is 0.276. The van der Waals surface area contributed by atoms with E-state index in [0.29, 0.717) is 6.54 Å². The van der Waals surface area contributed by atoms with Gasteiger partial charge in [0.1, 0.15) is 11.5 Å². The molecule has 3 aromatic carbocycles. The van der Waals surface area contributed by atoms with Crippen LogP contribution >= 0.6 is 0 Å². The number of hydrogen-bond acceptors (Lipinski definition) is 3. The molecule has 0 radical (unpaired) electrons. The summed E-state index contributed by atoms with van der Waals surface area (Å²) >= 11 is 0. The predicted molar refractivity (Wildman–Crippen MR) is 102 cm³/mol. The first kappa shape index (κ1) is 17.2. The number of anilines is 1. The van der Waals surface area contributed by atoms with E-state index in [4.69, 9.17) is 16.0 Å². The van der Waals surface area contributed by atoms with E-state index in [0.717, 1.165) is 28.3 Å². The summed E-state index contributed by atoms with van der Waals surface area (Å²) in [7, 11) is 0. The number of benzene rings is 3. The van der Waals surface area contributed by atoms with Gasteiger partial charge in [-0.05, 0) is 48.0 Å². The van der Waals surface area contributed by atoms with Crippen LogP contribution in [0.1, 0.15) is 11.1 Å². The highest BCUT2D eigenvalue weighted by molar-refractivity contribution is 5.95. The molecule has 5 N–H and O–H groups in total. The molecule has 0 aromatic heterocycles. The van der Waals surface area contributed by atoms with Gasteiger partial charge in [0.25, 0.3) is 0 Å². The predicted octanol–water partition coefficient (Wildman–Crippen LogP) is 2.92. The second-order valence-corrected chi connectivity index (χ2v) is 5.59. The third-order valence-electron chi connectivity index (χ3n) is 3.72. The van der Waals surface area contributed by atoms with Gasteiger partial charge in [-0.1, -0.05) is 36.4 Å². The average molecular weight is 346 g/mol. The van der Waals surface area contributed by atoms with Crippen molar-refractivity contribution in [1.82, 2.24) is 0 Å². The van der Waals surface area contributed by atoms with Gasteiger partial charge in [0.05, 0.1) is 10.7 Å². The number of nitrogens with two attached hydrogens (primary N) is 2. The van der Waals surface area contributed by atoms with Crippen LogP contribution < -0.4 is 21.3 Å². The van der Waals surface area contributed by atoms with E-state index >= 15 is 0 Å². The molecule has 0 fully saturated rings. The summed E-state index contributed by atoms with van der Waals surface area (Å²) in [6, 6.07) is 25.3. The molecule has 0 bridgehead atoms. The molecule has 0 heterocycles. The van der Waals surface area contributed by atoms with E-state index in [1.54, 1.807) is 0 Å². The van der Waals surface area contributed by atoms with Gasteiger partial charge < -0.3 is 10.1 Å². The summed E-state index contributed by atoms with van der Waals surface area (Å²) < 4.78 is 5.79. The Morgan fingerprint density at radius 1 is 0.923 bits per heavy atom. The van der Waals surface area contributed by atoms with Crippen LogP contribution in [0.3, 0.4) is 0 Å². The fourth-order valence-corrected chi connectivity index (χ4v) is 2.41. The van der Waals surface area contributed by atoms with E-state index in [1.165, 1.54) is 0 Å². The molecule has 3 rings (SSSR count). The minimum atomic E-state index is 0.276. The van der Waals surface area contributed by atoms with Crippen LogP contribution in [0.15, 0.2) is 89.2 Å². The van der Waals surface area contributed by atoms with Gasteiger partial charge in [-0.3, -0.25) is 11.3 Å². The monoisotopic (exact) mass is 346 g/mol. The average Bonchev–Trinajstić information content (AvgIpc) is 2.69. The number of para-hydroxylation sites is 1. The van der Waals surface area contributed by atoms with E-state index in [1.807, 2.05) is 78.9 Å². The Labute approximate surface area is 151 Å².